The number of nitrogens with one attached hydrogen (secondary N) is 1. The highest BCUT2D eigenvalue weighted by molar-refractivity contribution is 9.10. The van der Waals surface area contributed by atoms with Crippen molar-refractivity contribution in [2.75, 3.05) is 22.5 Å². The minimum absolute atomic E-state index is 0.131. The fourth-order valence-corrected chi connectivity index (χ4v) is 5.51. The third-order valence-electron chi connectivity index (χ3n) is 5.49. The first-order valence-corrected chi connectivity index (χ1v) is 12.4. The van der Waals surface area contributed by atoms with Crippen LogP contribution in [0, 0.1) is 12.8 Å². The summed E-state index contributed by atoms with van der Waals surface area (Å²) in [5, 5.41) is 2.74. The number of carbonyl (C=O) groups excluding carboxylic acids is 2. The predicted molar refractivity (Wildman–Crippen MR) is 119 cm³/mol. The molecule has 2 aliphatic rings. The molecule has 1 heterocycles. The number of hydrogen-bond donors (Lipinski definition) is 1. The Bertz CT molecular complexity index is 1130. The Morgan fingerprint density at radius 1 is 1.17 bits per heavy atom. The number of sulfone groups is 1. The fraction of sp³-hybridized carbons (Fsp3) is 0.364. The topological polar surface area (TPSA) is 83.6 Å². The van der Waals surface area contributed by atoms with E-state index in [0.29, 0.717) is 18.7 Å². The number of fused-ring (bicyclic) bond motifs is 1. The molecule has 0 radical (unpaired) electrons. The third-order valence-corrected chi connectivity index (χ3v) is 7.86. The van der Waals surface area contributed by atoms with Gasteiger partial charge in [0.25, 0.3) is 0 Å². The molecule has 8 heteroatoms. The van der Waals surface area contributed by atoms with Crippen molar-refractivity contribution in [1.29, 1.82) is 0 Å². The number of nitrogens with zero attached hydrogens (tertiary/aromatic N) is 1. The molecule has 1 N–H and O–H groups in total. The van der Waals surface area contributed by atoms with Crippen molar-refractivity contribution < 1.29 is 18.0 Å². The SMILES string of the molecule is Cc1ccc(NC(=O)CCS(=O)(=O)c2ccc3c(c2)CCN3C(=O)C2CC2)c(Br)c1. The fourth-order valence-electron chi connectivity index (χ4n) is 3.63. The van der Waals surface area contributed by atoms with Crippen LogP contribution < -0.4 is 10.2 Å². The molecule has 1 fully saturated rings. The molecule has 2 amide bonds. The standard InChI is InChI=1S/C22H23BrN2O4S/c1-14-2-6-19(18(23)12-14)24-21(26)9-11-30(28,29)17-5-7-20-16(13-17)8-10-25(20)22(27)15-3-4-15/h2,5-7,12-13,15H,3-4,8-11H2,1H3,(H,24,26). The van der Waals surface area contributed by atoms with Crippen molar-refractivity contribution in [2.24, 2.45) is 5.92 Å². The number of halogens is 1. The van der Waals surface area contributed by atoms with Crippen molar-refractivity contribution in [1.82, 2.24) is 0 Å². The van der Waals surface area contributed by atoms with Crippen LogP contribution in [0.2, 0.25) is 0 Å². The minimum Gasteiger partial charge on any atom is -0.325 e. The molecule has 30 heavy (non-hydrogen) atoms. The lowest BCUT2D eigenvalue weighted by Crippen LogP contribution is -2.30. The van der Waals surface area contributed by atoms with Gasteiger partial charge in [-0.15, -0.1) is 0 Å². The Morgan fingerprint density at radius 3 is 2.63 bits per heavy atom. The number of rotatable bonds is 6. The highest BCUT2D eigenvalue weighted by Crippen LogP contribution is 2.37. The normalized spacial score (nSPS) is 15.7. The molecule has 2 aromatic rings. The second kappa shape index (κ2) is 8.15. The molecule has 0 atom stereocenters. The van der Waals surface area contributed by atoms with Crippen molar-refractivity contribution in [2.45, 2.75) is 37.5 Å². The molecule has 1 saturated carbocycles. The summed E-state index contributed by atoms with van der Waals surface area (Å²) in [7, 11) is -3.60. The van der Waals surface area contributed by atoms with E-state index in [0.717, 1.165) is 34.1 Å². The summed E-state index contributed by atoms with van der Waals surface area (Å²) in [5.74, 6) is -0.355. The van der Waals surface area contributed by atoms with Gasteiger partial charge >= 0.3 is 0 Å². The Hall–Kier alpha value is -2.19. The lowest BCUT2D eigenvalue weighted by atomic mass is 10.2. The Morgan fingerprint density at radius 2 is 1.93 bits per heavy atom. The van der Waals surface area contributed by atoms with E-state index in [4.69, 9.17) is 0 Å². The Labute approximate surface area is 184 Å². The van der Waals surface area contributed by atoms with E-state index in [2.05, 4.69) is 21.2 Å². The number of amides is 2. The molecule has 4 rings (SSSR count). The summed E-state index contributed by atoms with van der Waals surface area (Å²) >= 11 is 3.40. The van der Waals surface area contributed by atoms with E-state index in [1.54, 1.807) is 29.2 Å². The first-order valence-electron chi connectivity index (χ1n) is 9.98. The lowest BCUT2D eigenvalue weighted by molar-refractivity contribution is -0.119. The third kappa shape index (κ3) is 4.44. The molecular weight excluding hydrogens is 468 g/mol. The monoisotopic (exact) mass is 490 g/mol. The summed E-state index contributed by atoms with van der Waals surface area (Å²) in [6, 6.07) is 10.5. The van der Waals surface area contributed by atoms with E-state index in [1.165, 1.54) is 0 Å². The van der Waals surface area contributed by atoms with Crippen molar-refractivity contribution in [3.8, 4) is 0 Å². The summed E-state index contributed by atoms with van der Waals surface area (Å²) in [5.41, 5.74) is 3.35. The number of carbonyl (C=O) groups is 2. The molecule has 0 bridgehead atoms. The largest absolute Gasteiger partial charge is 0.325 e. The quantitative estimate of drug-likeness (QED) is 0.666. The van der Waals surface area contributed by atoms with Crippen LogP contribution in [-0.2, 0) is 25.8 Å². The Kier molecular flexibility index (Phi) is 5.72. The number of benzene rings is 2. The average molecular weight is 491 g/mol. The molecule has 1 aliphatic carbocycles. The van der Waals surface area contributed by atoms with Gasteiger partial charge in [-0.3, -0.25) is 9.59 Å². The van der Waals surface area contributed by atoms with Gasteiger partial charge in [0.15, 0.2) is 9.84 Å². The molecule has 6 nitrogen and oxygen atoms in total. The second-order valence-corrected chi connectivity index (χ2v) is 10.9. The maximum Gasteiger partial charge on any atom is 0.230 e. The zero-order valence-corrected chi connectivity index (χ0v) is 19.1. The molecule has 0 aromatic heterocycles. The number of hydrogen-bond acceptors (Lipinski definition) is 4. The van der Waals surface area contributed by atoms with Gasteiger partial charge in [0, 0.05) is 29.0 Å². The first kappa shape index (κ1) is 21.1. The summed E-state index contributed by atoms with van der Waals surface area (Å²) < 4.78 is 26.3. The van der Waals surface area contributed by atoms with Crippen LogP contribution >= 0.6 is 15.9 Å². The maximum absolute atomic E-state index is 12.8. The summed E-state index contributed by atoms with van der Waals surface area (Å²) in [6.45, 7) is 2.54. The van der Waals surface area contributed by atoms with Gasteiger partial charge in [0.05, 0.1) is 16.3 Å². The zero-order chi connectivity index (χ0) is 21.5. The second-order valence-electron chi connectivity index (χ2n) is 7.91. The number of anilines is 2. The summed E-state index contributed by atoms with van der Waals surface area (Å²) in [6.07, 6.45) is 2.40. The zero-order valence-electron chi connectivity index (χ0n) is 16.7. The van der Waals surface area contributed by atoms with Crippen molar-refractivity contribution in [3.05, 3.63) is 52.0 Å². The van der Waals surface area contributed by atoms with Crippen LogP contribution in [0.3, 0.4) is 0 Å². The van der Waals surface area contributed by atoms with Crippen LogP contribution in [0.4, 0.5) is 11.4 Å². The van der Waals surface area contributed by atoms with Gasteiger partial charge in [-0.2, -0.15) is 0 Å². The molecule has 0 spiro atoms. The van der Waals surface area contributed by atoms with Crippen LogP contribution in [-0.4, -0.2) is 32.5 Å². The Balaban J connectivity index is 1.41. The van der Waals surface area contributed by atoms with Gasteiger partial charge in [-0.25, -0.2) is 8.42 Å². The van der Waals surface area contributed by atoms with E-state index in [-0.39, 0.29) is 34.8 Å². The number of aryl methyl sites for hydroxylation is 1. The van der Waals surface area contributed by atoms with Gasteiger partial charge in [-0.1, -0.05) is 6.07 Å². The van der Waals surface area contributed by atoms with Crippen LogP contribution in [0.15, 0.2) is 45.8 Å². The van der Waals surface area contributed by atoms with Gasteiger partial charge in [-0.05, 0) is 83.6 Å². The maximum atomic E-state index is 12.8. The van der Waals surface area contributed by atoms with Crippen molar-refractivity contribution in [3.63, 3.8) is 0 Å². The van der Waals surface area contributed by atoms with Crippen LogP contribution in [0.5, 0.6) is 0 Å². The molecule has 1 aliphatic heterocycles. The highest BCUT2D eigenvalue weighted by atomic mass is 79.9. The molecule has 0 saturated heterocycles. The molecule has 2 aromatic carbocycles. The van der Waals surface area contributed by atoms with E-state index >= 15 is 0 Å². The smallest absolute Gasteiger partial charge is 0.230 e. The summed E-state index contributed by atoms with van der Waals surface area (Å²) in [4.78, 5) is 26.6. The first-order chi connectivity index (χ1) is 14.2. The van der Waals surface area contributed by atoms with Gasteiger partial charge < -0.3 is 10.2 Å². The van der Waals surface area contributed by atoms with Gasteiger partial charge in [0.1, 0.15) is 0 Å². The average Bonchev–Trinajstić information content (AvgIpc) is 3.47. The van der Waals surface area contributed by atoms with E-state index in [1.807, 2.05) is 19.1 Å². The van der Waals surface area contributed by atoms with E-state index in [9.17, 15) is 18.0 Å². The van der Waals surface area contributed by atoms with Gasteiger partial charge in [0.2, 0.25) is 11.8 Å². The predicted octanol–water partition coefficient (Wildman–Crippen LogP) is 3.86. The highest BCUT2D eigenvalue weighted by Gasteiger charge is 2.36. The van der Waals surface area contributed by atoms with Crippen LogP contribution in [0.25, 0.3) is 0 Å². The minimum atomic E-state index is -3.60. The van der Waals surface area contributed by atoms with Crippen molar-refractivity contribution >= 4 is 49.0 Å². The van der Waals surface area contributed by atoms with E-state index < -0.39 is 9.84 Å². The molecule has 158 valence electrons. The van der Waals surface area contributed by atoms with Crippen LogP contribution in [0.1, 0.15) is 30.4 Å². The molecule has 0 unspecified atom stereocenters. The molecular formula is C22H23BrN2O4S. The lowest BCUT2D eigenvalue weighted by Gasteiger charge is -2.17.